The smallest absolute Gasteiger partial charge is 0.305 e. The molecule has 0 bridgehead atoms. The Hall–Kier alpha value is -1.66. The van der Waals surface area contributed by atoms with Gasteiger partial charge in [0.15, 0.2) is 0 Å². The fourth-order valence-electron chi connectivity index (χ4n) is 9.69. The Kier molecular flexibility index (Phi) is 57.5. The number of nitrogens with one attached hydrogen (secondary N) is 1. The summed E-state index contributed by atoms with van der Waals surface area (Å²) in [4.78, 5) is 24.5. The van der Waals surface area contributed by atoms with Crippen LogP contribution in [-0.2, 0) is 14.3 Å². The summed E-state index contributed by atoms with van der Waals surface area (Å²) in [6.45, 7) is 4.96. The molecule has 0 saturated heterocycles. The molecule has 1 amide bonds. The van der Waals surface area contributed by atoms with Gasteiger partial charge in [0.25, 0.3) is 0 Å². The number of aliphatic hydroxyl groups is 2. The molecule has 6 heteroatoms. The molecule has 0 aliphatic rings. The number of hydrogen-bond acceptors (Lipinski definition) is 5. The third-order valence-corrected chi connectivity index (χ3v) is 14.5. The molecule has 2 atom stereocenters. The van der Waals surface area contributed by atoms with Crippen molar-refractivity contribution in [2.75, 3.05) is 13.2 Å². The van der Waals surface area contributed by atoms with Gasteiger partial charge in [-0.25, -0.2) is 0 Å². The minimum absolute atomic E-state index is 0.00391. The largest absolute Gasteiger partial charge is 0.466 e. The third kappa shape index (κ3) is 55.5. The van der Waals surface area contributed by atoms with Crippen molar-refractivity contribution in [3.63, 3.8) is 0 Å². The van der Waals surface area contributed by atoms with Crippen molar-refractivity contribution >= 4 is 11.9 Å². The Labute approximate surface area is 431 Å². The first kappa shape index (κ1) is 67.3. The Morgan fingerprint density at radius 3 is 1.03 bits per heavy atom. The second kappa shape index (κ2) is 58.9. The van der Waals surface area contributed by atoms with Crippen LogP contribution in [-0.4, -0.2) is 47.4 Å². The number of allylic oxidation sites excluding steroid dienone is 4. The summed E-state index contributed by atoms with van der Waals surface area (Å²) in [5.74, 6) is -0.0360. The van der Waals surface area contributed by atoms with Crippen LogP contribution in [0.15, 0.2) is 24.3 Å². The van der Waals surface area contributed by atoms with Gasteiger partial charge < -0.3 is 20.3 Å². The molecule has 2 unspecified atom stereocenters. The molecule has 6 nitrogen and oxygen atoms in total. The Morgan fingerprint density at radius 1 is 0.391 bits per heavy atom. The van der Waals surface area contributed by atoms with Gasteiger partial charge in [0, 0.05) is 12.8 Å². The maximum Gasteiger partial charge on any atom is 0.305 e. The number of unbranched alkanes of at least 4 members (excludes halogenated alkanes) is 43. The highest BCUT2D eigenvalue weighted by Crippen LogP contribution is 2.17. The molecule has 69 heavy (non-hydrogen) atoms. The van der Waals surface area contributed by atoms with E-state index in [1.807, 2.05) is 0 Å². The van der Waals surface area contributed by atoms with Crippen LogP contribution in [0.25, 0.3) is 0 Å². The number of carbonyl (C=O) groups is 2. The van der Waals surface area contributed by atoms with Crippen LogP contribution in [0.4, 0.5) is 0 Å². The Balaban J connectivity index is 3.40. The number of rotatable bonds is 58. The van der Waals surface area contributed by atoms with E-state index in [9.17, 15) is 19.8 Å². The third-order valence-electron chi connectivity index (χ3n) is 14.5. The van der Waals surface area contributed by atoms with Gasteiger partial charge in [-0.2, -0.15) is 0 Å². The molecule has 408 valence electrons. The summed E-state index contributed by atoms with van der Waals surface area (Å²) in [6.07, 6.45) is 71.9. The maximum absolute atomic E-state index is 12.5. The molecule has 0 radical (unpaired) electrons. The zero-order valence-corrected chi connectivity index (χ0v) is 46.6. The minimum atomic E-state index is -0.667. The van der Waals surface area contributed by atoms with Gasteiger partial charge in [-0.05, 0) is 77.0 Å². The molecule has 0 aromatic carbocycles. The monoisotopic (exact) mass is 972 g/mol. The average molecular weight is 973 g/mol. The fraction of sp³-hybridized carbons (Fsp3) is 0.905. The van der Waals surface area contributed by atoms with E-state index in [1.165, 1.54) is 263 Å². The molecule has 0 aromatic heterocycles. The fourth-order valence-corrected chi connectivity index (χ4v) is 9.69. The molecule has 0 rings (SSSR count). The van der Waals surface area contributed by atoms with Crippen LogP contribution in [0.3, 0.4) is 0 Å². The molecule has 0 fully saturated rings. The summed E-state index contributed by atoms with van der Waals surface area (Å²) >= 11 is 0. The quantitative estimate of drug-likeness (QED) is 0.0321. The second-order valence-electron chi connectivity index (χ2n) is 21.4. The normalized spacial score (nSPS) is 12.7. The van der Waals surface area contributed by atoms with E-state index in [2.05, 4.69) is 43.5 Å². The predicted octanol–water partition coefficient (Wildman–Crippen LogP) is 19.4. The molecule has 0 aliphatic heterocycles. The van der Waals surface area contributed by atoms with E-state index >= 15 is 0 Å². The number of esters is 1. The van der Waals surface area contributed by atoms with Gasteiger partial charge in [0.2, 0.25) is 5.91 Å². The first-order valence-electron chi connectivity index (χ1n) is 31.1. The van der Waals surface area contributed by atoms with Gasteiger partial charge in [0.1, 0.15) is 0 Å². The van der Waals surface area contributed by atoms with Crippen molar-refractivity contribution in [1.82, 2.24) is 5.32 Å². The lowest BCUT2D eigenvalue weighted by Gasteiger charge is -2.22. The highest BCUT2D eigenvalue weighted by Gasteiger charge is 2.20. The van der Waals surface area contributed by atoms with Crippen LogP contribution >= 0.6 is 0 Å². The van der Waals surface area contributed by atoms with E-state index in [-0.39, 0.29) is 18.5 Å². The predicted molar refractivity (Wildman–Crippen MR) is 301 cm³/mol. The van der Waals surface area contributed by atoms with E-state index in [4.69, 9.17) is 4.74 Å². The van der Waals surface area contributed by atoms with Gasteiger partial charge >= 0.3 is 5.97 Å². The van der Waals surface area contributed by atoms with Crippen molar-refractivity contribution < 1.29 is 24.5 Å². The van der Waals surface area contributed by atoms with Crippen LogP contribution < -0.4 is 5.32 Å². The lowest BCUT2D eigenvalue weighted by Crippen LogP contribution is -2.45. The number of hydrogen-bond donors (Lipinski definition) is 3. The highest BCUT2D eigenvalue weighted by molar-refractivity contribution is 5.76. The van der Waals surface area contributed by atoms with Gasteiger partial charge in [-0.15, -0.1) is 0 Å². The van der Waals surface area contributed by atoms with E-state index in [0.29, 0.717) is 25.9 Å². The van der Waals surface area contributed by atoms with Crippen LogP contribution in [0.1, 0.15) is 341 Å². The second-order valence-corrected chi connectivity index (χ2v) is 21.4. The van der Waals surface area contributed by atoms with E-state index < -0.39 is 12.1 Å². The standard InChI is InChI=1S/C63H121NO5/c1-3-5-7-9-11-13-15-17-28-33-37-41-45-49-53-57-63(68)69-58-54-50-46-42-38-34-30-27-25-23-21-19-20-22-24-26-29-32-36-40-44-48-52-56-62(67)64-60(59-65)61(66)55-51-47-43-39-35-31-18-16-14-12-10-8-6-4-2/h17,22,24,28,60-61,65-66H,3-16,18-21,23,25-27,29-59H2,1-2H3,(H,64,67)/b24-22-,28-17-. The lowest BCUT2D eigenvalue weighted by molar-refractivity contribution is -0.143. The number of ether oxygens (including phenoxy) is 1. The maximum atomic E-state index is 12.5. The number of amides is 1. The molecular formula is C63H121NO5. The lowest BCUT2D eigenvalue weighted by atomic mass is 10.0. The molecule has 0 saturated carbocycles. The number of aliphatic hydroxyl groups excluding tert-OH is 2. The summed E-state index contributed by atoms with van der Waals surface area (Å²) in [6, 6.07) is -0.545. The molecule has 0 heterocycles. The molecule has 0 aliphatic carbocycles. The van der Waals surface area contributed by atoms with Crippen molar-refractivity contribution in [2.24, 2.45) is 0 Å². The van der Waals surface area contributed by atoms with Gasteiger partial charge in [-0.3, -0.25) is 9.59 Å². The molecule has 0 aromatic rings. The van der Waals surface area contributed by atoms with Gasteiger partial charge in [-0.1, -0.05) is 276 Å². The zero-order chi connectivity index (χ0) is 50.0. The Morgan fingerprint density at radius 2 is 0.681 bits per heavy atom. The summed E-state index contributed by atoms with van der Waals surface area (Å²) in [5, 5.41) is 23.3. The minimum Gasteiger partial charge on any atom is -0.466 e. The first-order valence-corrected chi connectivity index (χ1v) is 31.1. The van der Waals surface area contributed by atoms with Crippen LogP contribution in [0, 0.1) is 0 Å². The first-order chi connectivity index (χ1) is 34.0. The van der Waals surface area contributed by atoms with E-state index in [0.717, 1.165) is 44.9 Å². The summed E-state index contributed by atoms with van der Waals surface area (Å²) in [5.41, 5.74) is 0. The summed E-state index contributed by atoms with van der Waals surface area (Å²) < 4.78 is 5.48. The topological polar surface area (TPSA) is 95.9 Å². The van der Waals surface area contributed by atoms with Crippen molar-refractivity contribution in [3.8, 4) is 0 Å². The number of carbonyl (C=O) groups excluding carboxylic acids is 2. The van der Waals surface area contributed by atoms with Crippen molar-refractivity contribution in [1.29, 1.82) is 0 Å². The van der Waals surface area contributed by atoms with Crippen LogP contribution in [0.5, 0.6) is 0 Å². The molecule has 0 spiro atoms. The molecule has 3 N–H and O–H groups in total. The highest BCUT2D eigenvalue weighted by atomic mass is 16.5. The SMILES string of the molecule is CCCCCCCC/C=C\CCCCCCCC(=O)OCCCCCCCCCCCCCC/C=C\CCCCCCCCCC(=O)NC(CO)C(O)CCCCCCCCCCCCCCCC. The van der Waals surface area contributed by atoms with Crippen molar-refractivity contribution in [3.05, 3.63) is 24.3 Å². The Bertz CT molecular complexity index is 1080. The average Bonchev–Trinajstić information content (AvgIpc) is 3.35. The van der Waals surface area contributed by atoms with Crippen molar-refractivity contribution in [2.45, 2.75) is 353 Å². The van der Waals surface area contributed by atoms with Crippen LogP contribution in [0.2, 0.25) is 0 Å². The summed E-state index contributed by atoms with van der Waals surface area (Å²) in [7, 11) is 0. The molecular weight excluding hydrogens is 851 g/mol. The van der Waals surface area contributed by atoms with E-state index in [1.54, 1.807) is 0 Å². The zero-order valence-electron chi connectivity index (χ0n) is 46.6. The van der Waals surface area contributed by atoms with Gasteiger partial charge in [0.05, 0.1) is 25.4 Å².